The highest BCUT2D eigenvalue weighted by molar-refractivity contribution is 5.94. The first kappa shape index (κ1) is 14.0. The van der Waals surface area contributed by atoms with E-state index in [-0.39, 0.29) is 12.1 Å². The predicted octanol–water partition coefficient (Wildman–Crippen LogP) is 2.76. The van der Waals surface area contributed by atoms with Crippen LogP contribution in [0.4, 0.5) is 17.6 Å². The smallest absolute Gasteiger partial charge is 0.364 e. The molecule has 20 heavy (non-hydrogen) atoms. The van der Waals surface area contributed by atoms with Crippen molar-refractivity contribution in [3.63, 3.8) is 0 Å². The Morgan fingerprint density at radius 1 is 1.30 bits per heavy atom. The molecule has 106 valence electrons. The van der Waals surface area contributed by atoms with E-state index in [4.69, 9.17) is 0 Å². The van der Waals surface area contributed by atoms with E-state index >= 15 is 0 Å². The van der Waals surface area contributed by atoms with E-state index in [0.29, 0.717) is 17.8 Å². The van der Waals surface area contributed by atoms with Crippen LogP contribution in [-0.4, -0.2) is 11.1 Å². The Balaban J connectivity index is 2.14. The van der Waals surface area contributed by atoms with Gasteiger partial charge in [-0.25, -0.2) is 4.39 Å². The summed E-state index contributed by atoms with van der Waals surface area (Å²) in [6, 6.07) is 3.54. The summed E-state index contributed by atoms with van der Waals surface area (Å²) in [7, 11) is 0. The molecule has 1 amide bonds. The SMILES string of the molecule is O=C(NCc1ccon1)c1ccc(F)c(C(F)(F)F)c1. The summed E-state index contributed by atoms with van der Waals surface area (Å²) < 4.78 is 55.1. The minimum absolute atomic E-state index is 0.00589. The van der Waals surface area contributed by atoms with Crippen molar-refractivity contribution in [2.24, 2.45) is 0 Å². The molecule has 0 atom stereocenters. The maximum absolute atomic E-state index is 13.1. The summed E-state index contributed by atoms with van der Waals surface area (Å²) >= 11 is 0. The third-order valence-electron chi connectivity index (χ3n) is 2.46. The molecule has 2 rings (SSSR count). The number of benzene rings is 1. The minimum Gasteiger partial charge on any atom is -0.364 e. The van der Waals surface area contributed by atoms with Gasteiger partial charge in [0.15, 0.2) is 0 Å². The van der Waals surface area contributed by atoms with E-state index < -0.39 is 23.5 Å². The molecule has 0 aliphatic heterocycles. The van der Waals surface area contributed by atoms with Gasteiger partial charge in [0.25, 0.3) is 5.91 Å². The average molecular weight is 288 g/mol. The maximum atomic E-state index is 13.1. The Hall–Kier alpha value is -2.38. The van der Waals surface area contributed by atoms with Crippen LogP contribution in [0.3, 0.4) is 0 Å². The summed E-state index contributed by atoms with van der Waals surface area (Å²) in [4.78, 5) is 11.7. The van der Waals surface area contributed by atoms with Crippen molar-refractivity contribution in [2.75, 3.05) is 0 Å². The number of rotatable bonds is 3. The monoisotopic (exact) mass is 288 g/mol. The quantitative estimate of drug-likeness (QED) is 0.884. The van der Waals surface area contributed by atoms with Crippen molar-refractivity contribution in [2.45, 2.75) is 12.7 Å². The van der Waals surface area contributed by atoms with Crippen LogP contribution in [0.25, 0.3) is 0 Å². The van der Waals surface area contributed by atoms with Crippen molar-refractivity contribution >= 4 is 5.91 Å². The van der Waals surface area contributed by atoms with Gasteiger partial charge in [-0.3, -0.25) is 4.79 Å². The number of aromatic nitrogens is 1. The van der Waals surface area contributed by atoms with Gasteiger partial charge in [0.2, 0.25) is 0 Å². The third kappa shape index (κ3) is 3.14. The van der Waals surface area contributed by atoms with Crippen LogP contribution < -0.4 is 5.32 Å². The van der Waals surface area contributed by atoms with Gasteiger partial charge in [0, 0.05) is 11.6 Å². The molecule has 1 heterocycles. The number of alkyl halides is 3. The second kappa shape index (κ2) is 5.32. The minimum atomic E-state index is -4.85. The number of amides is 1. The Bertz CT molecular complexity index is 608. The molecule has 0 unspecified atom stereocenters. The van der Waals surface area contributed by atoms with Crippen LogP contribution >= 0.6 is 0 Å². The van der Waals surface area contributed by atoms with Gasteiger partial charge in [0.1, 0.15) is 17.8 Å². The number of hydrogen-bond donors (Lipinski definition) is 1. The van der Waals surface area contributed by atoms with Gasteiger partial charge in [-0.05, 0) is 18.2 Å². The molecule has 0 bridgehead atoms. The standard InChI is InChI=1S/C12H8F4N2O2/c13-10-2-1-7(5-9(10)12(14,15)16)11(19)17-6-8-3-4-20-18-8/h1-5H,6H2,(H,17,19). The number of carbonyl (C=O) groups excluding carboxylic acids is 1. The molecule has 0 aliphatic carbocycles. The molecule has 2 aromatic rings. The largest absolute Gasteiger partial charge is 0.419 e. The summed E-state index contributed by atoms with van der Waals surface area (Å²) in [5, 5.41) is 5.87. The first-order chi connectivity index (χ1) is 9.38. The number of carbonyl (C=O) groups is 1. The zero-order valence-corrected chi connectivity index (χ0v) is 9.87. The summed E-state index contributed by atoms with van der Waals surface area (Å²) in [6.45, 7) is -0.00589. The van der Waals surface area contributed by atoms with Crippen LogP contribution in [-0.2, 0) is 12.7 Å². The Morgan fingerprint density at radius 3 is 2.65 bits per heavy atom. The van der Waals surface area contributed by atoms with Crippen LogP contribution in [0.5, 0.6) is 0 Å². The van der Waals surface area contributed by atoms with Crippen LogP contribution in [0.15, 0.2) is 35.1 Å². The number of hydrogen-bond acceptors (Lipinski definition) is 3. The molecule has 0 saturated carbocycles. The van der Waals surface area contributed by atoms with E-state index in [2.05, 4.69) is 15.0 Å². The molecule has 0 radical (unpaired) electrons. The molecular formula is C12H8F4N2O2. The highest BCUT2D eigenvalue weighted by Gasteiger charge is 2.34. The average Bonchev–Trinajstić information content (AvgIpc) is 2.88. The molecule has 0 fully saturated rings. The summed E-state index contributed by atoms with van der Waals surface area (Å²) in [5.41, 5.74) is -1.36. The summed E-state index contributed by atoms with van der Waals surface area (Å²) in [6.07, 6.45) is -3.56. The van der Waals surface area contributed by atoms with Crippen molar-refractivity contribution in [3.8, 4) is 0 Å². The van der Waals surface area contributed by atoms with Gasteiger partial charge < -0.3 is 9.84 Å². The first-order valence-corrected chi connectivity index (χ1v) is 5.42. The molecule has 1 N–H and O–H groups in total. The molecule has 0 spiro atoms. The van der Waals surface area contributed by atoms with E-state index in [1.807, 2.05) is 0 Å². The zero-order chi connectivity index (χ0) is 14.8. The van der Waals surface area contributed by atoms with Crippen molar-refractivity contribution in [3.05, 3.63) is 53.2 Å². The lowest BCUT2D eigenvalue weighted by Gasteiger charge is -2.10. The van der Waals surface area contributed by atoms with Crippen LogP contribution in [0.1, 0.15) is 21.6 Å². The molecule has 1 aromatic carbocycles. The lowest BCUT2D eigenvalue weighted by Crippen LogP contribution is -2.23. The van der Waals surface area contributed by atoms with Gasteiger partial charge in [-0.1, -0.05) is 5.16 Å². The number of halogens is 4. The van der Waals surface area contributed by atoms with Crippen LogP contribution in [0.2, 0.25) is 0 Å². The van der Waals surface area contributed by atoms with Gasteiger partial charge in [-0.15, -0.1) is 0 Å². The second-order valence-corrected chi connectivity index (χ2v) is 3.87. The Labute approximate surface area is 110 Å². The Morgan fingerprint density at radius 2 is 2.05 bits per heavy atom. The van der Waals surface area contributed by atoms with Crippen LogP contribution in [0, 0.1) is 5.82 Å². The van der Waals surface area contributed by atoms with Crippen molar-refractivity contribution < 1.29 is 26.9 Å². The van der Waals surface area contributed by atoms with Gasteiger partial charge in [0.05, 0.1) is 12.1 Å². The first-order valence-electron chi connectivity index (χ1n) is 5.42. The van der Waals surface area contributed by atoms with E-state index in [0.717, 1.165) is 6.07 Å². The second-order valence-electron chi connectivity index (χ2n) is 3.87. The fourth-order valence-corrected chi connectivity index (χ4v) is 1.49. The molecular weight excluding hydrogens is 280 g/mol. The molecule has 0 saturated heterocycles. The third-order valence-corrected chi connectivity index (χ3v) is 2.46. The topological polar surface area (TPSA) is 55.1 Å². The molecule has 0 aliphatic rings. The normalized spacial score (nSPS) is 11.4. The fraction of sp³-hybridized carbons (Fsp3) is 0.167. The lowest BCUT2D eigenvalue weighted by molar-refractivity contribution is -0.140. The van der Waals surface area contributed by atoms with E-state index in [1.54, 1.807) is 0 Å². The zero-order valence-electron chi connectivity index (χ0n) is 9.87. The van der Waals surface area contributed by atoms with Crippen molar-refractivity contribution in [1.29, 1.82) is 0 Å². The number of nitrogens with one attached hydrogen (secondary N) is 1. The summed E-state index contributed by atoms with van der Waals surface area (Å²) in [5.74, 6) is -2.19. The predicted molar refractivity (Wildman–Crippen MR) is 59.1 cm³/mol. The maximum Gasteiger partial charge on any atom is 0.419 e. The highest BCUT2D eigenvalue weighted by Crippen LogP contribution is 2.31. The molecule has 4 nitrogen and oxygen atoms in total. The molecule has 8 heteroatoms. The Kier molecular flexibility index (Phi) is 3.73. The number of nitrogens with zero attached hydrogens (tertiary/aromatic N) is 1. The van der Waals surface area contributed by atoms with E-state index in [1.165, 1.54) is 12.3 Å². The molecule has 1 aromatic heterocycles. The van der Waals surface area contributed by atoms with Gasteiger partial charge >= 0.3 is 6.18 Å². The van der Waals surface area contributed by atoms with E-state index in [9.17, 15) is 22.4 Å². The lowest BCUT2D eigenvalue weighted by atomic mass is 10.1. The fourth-order valence-electron chi connectivity index (χ4n) is 1.49. The van der Waals surface area contributed by atoms with Gasteiger partial charge in [-0.2, -0.15) is 13.2 Å². The highest BCUT2D eigenvalue weighted by atomic mass is 19.4. The van der Waals surface area contributed by atoms with Crippen molar-refractivity contribution in [1.82, 2.24) is 10.5 Å².